The average Bonchev–Trinajstić information content (AvgIpc) is 2.37. The van der Waals surface area contributed by atoms with Crippen molar-refractivity contribution in [1.29, 1.82) is 0 Å². The standard InChI is InChI=1S/C17H27NO/c1-13-7-5-8-14(11-13)16(19)15-9-6-10-18(12-15)17(2,3)4/h5,7-8,11,15-16,19H,6,9-10,12H2,1-4H3/t15?,16-/m0/s1. The lowest BCUT2D eigenvalue weighted by Gasteiger charge is -2.43. The molecule has 0 saturated carbocycles. The summed E-state index contributed by atoms with van der Waals surface area (Å²) in [4.78, 5) is 2.50. The van der Waals surface area contributed by atoms with Crippen LogP contribution in [0.5, 0.6) is 0 Å². The van der Waals surface area contributed by atoms with Crippen molar-refractivity contribution in [2.45, 2.75) is 52.2 Å². The first-order valence-corrected chi connectivity index (χ1v) is 7.37. The molecule has 2 heteroatoms. The van der Waals surface area contributed by atoms with Gasteiger partial charge in [-0.25, -0.2) is 0 Å². The fourth-order valence-corrected chi connectivity index (χ4v) is 3.00. The third-order valence-electron chi connectivity index (χ3n) is 4.24. The second kappa shape index (κ2) is 5.64. The molecule has 1 saturated heterocycles. The summed E-state index contributed by atoms with van der Waals surface area (Å²) >= 11 is 0. The number of aliphatic hydroxyl groups excluding tert-OH is 1. The minimum Gasteiger partial charge on any atom is -0.388 e. The van der Waals surface area contributed by atoms with Crippen LogP contribution in [-0.4, -0.2) is 28.6 Å². The number of aryl methyl sites for hydroxylation is 1. The molecule has 0 aliphatic carbocycles. The van der Waals surface area contributed by atoms with Gasteiger partial charge in [0.15, 0.2) is 0 Å². The van der Waals surface area contributed by atoms with Gasteiger partial charge >= 0.3 is 0 Å². The number of likely N-dealkylation sites (tertiary alicyclic amines) is 1. The van der Waals surface area contributed by atoms with E-state index in [-0.39, 0.29) is 11.6 Å². The third-order valence-corrected chi connectivity index (χ3v) is 4.24. The number of nitrogens with zero attached hydrogens (tertiary/aromatic N) is 1. The van der Waals surface area contributed by atoms with Crippen LogP contribution >= 0.6 is 0 Å². The van der Waals surface area contributed by atoms with Crippen molar-refractivity contribution >= 4 is 0 Å². The van der Waals surface area contributed by atoms with Gasteiger partial charge < -0.3 is 5.11 Å². The van der Waals surface area contributed by atoms with E-state index in [1.165, 1.54) is 12.0 Å². The largest absolute Gasteiger partial charge is 0.388 e. The van der Waals surface area contributed by atoms with Crippen molar-refractivity contribution in [2.24, 2.45) is 5.92 Å². The summed E-state index contributed by atoms with van der Waals surface area (Å²) < 4.78 is 0. The molecular weight excluding hydrogens is 234 g/mol. The molecule has 1 aliphatic rings. The summed E-state index contributed by atoms with van der Waals surface area (Å²) in [7, 11) is 0. The fourth-order valence-electron chi connectivity index (χ4n) is 3.00. The Balaban J connectivity index is 2.09. The van der Waals surface area contributed by atoms with Gasteiger partial charge in [0.25, 0.3) is 0 Å². The highest BCUT2D eigenvalue weighted by Crippen LogP contribution is 2.32. The number of aliphatic hydroxyl groups is 1. The molecule has 2 atom stereocenters. The van der Waals surface area contributed by atoms with Crippen LogP contribution in [0.4, 0.5) is 0 Å². The van der Waals surface area contributed by atoms with E-state index in [4.69, 9.17) is 0 Å². The van der Waals surface area contributed by atoms with Gasteiger partial charge in [-0.3, -0.25) is 4.90 Å². The second-order valence-electron chi connectivity index (χ2n) is 6.88. The number of rotatable bonds is 2. The number of hydrogen-bond acceptors (Lipinski definition) is 2. The van der Waals surface area contributed by atoms with E-state index in [0.29, 0.717) is 5.92 Å². The molecule has 1 unspecified atom stereocenters. The predicted octanol–water partition coefficient (Wildman–Crippen LogP) is 3.54. The van der Waals surface area contributed by atoms with Gasteiger partial charge in [-0.05, 0) is 52.6 Å². The van der Waals surface area contributed by atoms with Crippen molar-refractivity contribution in [3.63, 3.8) is 0 Å². The molecule has 106 valence electrons. The first-order valence-electron chi connectivity index (χ1n) is 7.37. The summed E-state index contributed by atoms with van der Waals surface area (Å²) in [6.45, 7) is 11.0. The minimum atomic E-state index is -0.329. The van der Waals surface area contributed by atoms with Crippen molar-refractivity contribution in [2.75, 3.05) is 13.1 Å². The highest BCUT2D eigenvalue weighted by Gasteiger charge is 2.31. The Hall–Kier alpha value is -0.860. The number of hydrogen-bond donors (Lipinski definition) is 1. The smallest absolute Gasteiger partial charge is 0.0830 e. The normalized spacial score (nSPS) is 23.3. The highest BCUT2D eigenvalue weighted by molar-refractivity contribution is 5.24. The van der Waals surface area contributed by atoms with E-state index in [1.54, 1.807) is 0 Å². The van der Waals surface area contributed by atoms with E-state index in [9.17, 15) is 5.11 Å². The van der Waals surface area contributed by atoms with Crippen LogP contribution in [0.2, 0.25) is 0 Å². The van der Waals surface area contributed by atoms with Gasteiger partial charge in [0.05, 0.1) is 6.10 Å². The minimum absolute atomic E-state index is 0.199. The maximum absolute atomic E-state index is 10.6. The van der Waals surface area contributed by atoms with Gasteiger partial charge in [-0.2, -0.15) is 0 Å². The van der Waals surface area contributed by atoms with Crippen LogP contribution in [0.25, 0.3) is 0 Å². The van der Waals surface area contributed by atoms with Crippen LogP contribution in [0.15, 0.2) is 24.3 Å². The first-order chi connectivity index (χ1) is 8.88. The van der Waals surface area contributed by atoms with E-state index in [2.05, 4.69) is 44.7 Å². The fraction of sp³-hybridized carbons (Fsp3) is 0.647. The molecule has 0 aromatic heterocycles. The van der Waals surface area contributed by atoms with Gasteiger partial charge in [-0.15, -0.1) is 0 Å². The average molecular weight is 261 g/mol. The van der Waals surface area contributed by atoms with Gasteiger partial charge in [0.1, 0.15) is 0 Å². The molecule has 0 spiro atoms. The summed E-state index contributed by atoms with van der Waals surface area (Å²) in [5, 5.41) is 10.6. The molecule has 1 heterocycles. The molecule has 0 radical (unpaired) electrons. The topological polar surface area (TPSA) is 23.5 Å². The Morgan fingerprint density at radius 2 is 2.05 bits per heavy atom. The highest BCUT2D eigenvalue weighted by atomic mass is 16.3. The predicted molar refractivity (Wildman–Crippen MR) is 80.2 cm³/mol. The van der Waals surface area contributed by atoms with Crippen LogP contribution in [0, 0.1) is 12.8 Å². The van der Waals surface area contributed by atoms with Crippen molar-refractivity contribution in [3.05, 3.63) is 35.4 Å². The Morgan fingerprint density at radius 1 is 1.32 bits per heavy atom. The lowest BCUT2D eigenvalue weighted by molar-refractivity contribution is 0.0148. The summed E-state index contributed by atoms with van der Waals surface area (Å²) in [5.41, 5.74) is 2.49. The Labute approximate surface area is 117 Å². The van der Waals surface area contributed by atoms with Crippen molar-refractivity contribution in [3.8, 4) is 0 Å². The third kappa shape index (κ3) is 3.58. The van der Waals surface area contributed by atoms with E-state index in [1.807, 2.05) is 12.1 Å². The van der Waals surface area contributed by atoms with E-state index in [0.717, 1.165) is 25.1 Å². The molecule has 1 aromatic rings. The Kier molecular flexibility index (Phi) is 4.32. The molecule has 0 amide bonds. The molecule has 2 rings (SSSR count). The molecule has 1 aliphatic heterocycles. The molecule has 19 heavy (non-hydrogen) atoms. The van der Waals surface area contributed by atoms with Crippen LogP contribution in [-0.2, 0) is 0 Å². The van der Waals surface area contributed by atoms with Crippen LogP contribution in [0.3, 0.4) is 0 Å². The zero-order chi connectivity index (χ0) is 14.0. The maximum Gasteiger partial charge on any atom is 0.0830 e. The number of benzene rings is 1. The number of piperidine rings is 1. The lowest BCUT2D eigenvalue weighted by Crippen LogP contribution is -2.48. The molecule has 1 N–H and O–H groups in total. The molecule has 1 fully saturated rings. The van der Waals surface area contributed by atoms with Gasteiger partial charge in [0.2, 0.25) is 0 Å². The quantitative estimate of drug-likeness (QED) is 0.880. The van der Waals surface area contributed by atoms with E-state index >= 15 is 0 Å². The van der Waals surface area contributed by atoms with E-state index < -0.39 is 0 Å². The van der Waals surface area contributed by atoms with Crippen molar-refractivity contribution < 1.29 is 5.11 Å². The maximum atomic E-state index is 10.6. The summed E-state index contributed by atoms with van der Waals surface area (Å²) in [6.07, 6.45) is 1.98. The SMILES string of the molecule is Cc1cccc([C@H](O)C2CCCN(C(C)(C)C)C2)c1. The van der Waals surface area contributed by atoms with Gasteiger partial charge in [-0.1, -0.05) is 29.8 Å². The second-order valence-corrected chi connectivity index (χ2v) is 6.88. The molecule has 0 bridgehead atoms. The zero-order valence-electron chi connectivity index (χ0n) is 12.7. The monoisotopic (exact) mass is 261 g/mol. The van der Waals surface area contributed by atoms with Gasteiger partial charge in [0, 0.05) is 18.0 Å². The van der Waals surface area contributed by atoms with Crippen LogP contribution in [0.1, 0.15) is 50.8 Å². The molecule has 1 aromatic carbocycles. The summed E-state index contributed by atoms with van der Waals surface area (Å²) in [6, 6.07) is 8.28. The molecule has 2 nitrogen and oxygen atoms in total. The summed E-state index contributed by atoms with van der Waals surface area (Å²) in [5.74, 6) is 0.356. The lowest BCUT2D eigenvalue weighted by atomic mass is 9.86. The Morgan fingerprint density at radius 3 is 2.68 bits per heavy atom. The first kappa shape index (κ1) is 14.5. The van der Waals surface area contributed by atoms with Crippen molar-refractivity contribution in [1.82, 2.24) is 4.90 Å². The molecular formula is C17H27NO. The van der Waals surface area contributed by atoms with Crippen LogP contribution < -0.4 is 0 Å². The zero-order valence-corrected chi connectivity index (χ0v) is 12.7. The Bertz CT molecular complexity index is 422.